The summed E-state index contributed by atoms with van der Waals surface area (Å²) in [5, 5.41) is 9.76. The van der Waals surface area contributed by atoms with Crippen molar-refractivity contribution < 1.29 is 9.90 Å². The van der Waals surface area contributed by atoms with Gasteiger partial charge in [0.2, 0.25) is 0 Å². The van der Waals surface area contributed by atoms with Crippen LogP contribution in [0.25, 0.3) is 16.6 Å². The van der Waals surface area contributed by atoms with Gasteiger partial charge in [-0.2, -0.15) is 0 Å². The van der Waals surface area contributed by atoms with Crippen molar-refractivity contribution in [2.24, 2.45) is 0 Å². The largest absolute Gasteiger partial charge is 0.477 e. The summed E-state index contributed by atoms with van der Waals surface area (Å²) in [5.41, 5.74) is 8.67. The molecule has 0 atom stereocenters. The van der Waals surface area contributed by atoms with Gasteiger partial charge in [-0.15, -0.1) is 0 Å². The lowest BCUT2D eigenvalue weighted by atomic mass is 9.91. The van der Waals surface area contributed by atoms with Crippen molar-refractivity contribution in [1.29, 1.82) is 0 Å². The Morgan fingerprint density at radius 2 is 2.08 bits per heavy atom. The van der Waals surface area contributed by atoms with Gasteiger partial charge in [0.05, 0.1) is 5.52 Å². The number of nitrogen functional groups attached to an aromatic ring is 1. The zero-order valence-corrected chi connectivity index (χ0v) is 13.7. The molecule has 0 saturated heterocycles. The van der Waals surface area contributed by atoms with E-state index in [1.165, 1.54) is 10.6 Å². The van der Waals surface area contributed by atoms with E-state index in [9.17, 15) is 14.7 Å². The normalized spacial score (nSPS) is 14.0. The number of rotatable bonds is 3. The monoisotopic (exact) mass is 335 g/mol. The Morgan fingerprint density at radius 1 is 1.32 bits per heavy atom. The molecule has 0 unspecified atom stereocenters. The third-order valence-electron chi connectivity index (χ3n) is 4.68. The third kappa shape index (κ3) is 2.38. The average molecular weight is 335 g/mol. The molecule has 3 aromatic heterocycles. The van der Waals surface area contributed by atoms with Crippen LogP contribution in [0.15, 0.2) is 41.5 Å². The Hall–Kier alpha value is -3.15. The number of anilines is 1. The summed E-state index contributed by atoms with van der Waals surface area (Å²) in [7, 11) is 0. The van der Waals surface area contributed by atoms with Crippen LogP contribution in [0.2, 0.25) is 0 Å². The van der Waals surface area contributed by atoms with Gasteiger partial charge in [0.15, 0.2) is 0 Å². The van der Waals surface area contributed by atoms with Crippen molar-refractivity contribution in [3.8, 4) is 11.1 Å². The molecule has 6 nitrogen and oxygen atoms in total. The first-order valence-electron chi connectivity index (χ1n) is 8.12. The van der Waals surface area contributed by atoms with Crippen molar-refractivity contribution in [2.75, 3.05) is 5.73 Å². The van der Waals surface area contributed by atoms with Gasteiger partial charge in [-0.1, -0.05) is 6.07 Å². The zero-order chi connectivity index (χ0) is 17.7. The SMILES string of the molecule is Cc1cccn2c(=O)c(C(=O)O)c(-c3ccc(N)nc3)c(C3CC3)c12. The quantitative estimate of drug-likeness (QED) is 0.767. The summed E-state index contributed by atoms with van der Waals surface area (Å²) < 4.78 is 1.46. The first-order valence-corrected chi connectivity index (χ1v) is 8.12. The van der Waals surface area contributed by atoms with E-state index >= 15 is 0 Å². The van der Waals surface area contributed by atoms with Crippen LogP contribution < -0.4 is 11.3 Å². The van der Waals surface area contributed by atoms with Crippen molar-refractivity contribution in [3.05, 3.63) is 63.7 Å². The average Bonchev–Trinajstić information content (AvgIpc) is 3.40. The highest BCUT2D eigenvalue weighted by atomic mass is 16.4. The molecule has 1 aliphatic carbocycles. The van der Waals surface area contributed by atoms with E-state index in [4.69, 9.17) is 5.73 Å². The number of aryl methyl sites for hydroxylation is 1. The Bertz CT molecular complexity index is 1060. The molecule has 6 heteroatoms. The van der Waals surface area contributed by atoms with Crippen LogP contribution in [0.1, 0.15) is 40.2 Å². The summed E-state index contributed by atoms with van der Waals surface area (Å²) in [6, 6.07) is 7.05. The van der Waals surface area contributed by atoms with Crippen LogP contribution in [0.3, 0.4) is 0 Å². The second-order valence-corrected chi connectivity index (χ2v) is 6.43. The molecular weight excluding hydrogens is 318 g/mol. The number of nitrogens with two attached hydrogens (primary N) is 1. The molecule has 0 amide bonds. The third-order valence-corrected chi connectivity index (χ3v) is 4.68. The minimum atomic E-state index is -1.23. The Labute approximate surface area is 143 Å². The molecule has 0 bridgehead atoms. The predicted octanol–water partition coefficient (Wildman–Crippen LogP) is 2.83. The molecule has 4 rings (SSSR count). The van der Waals surface area contributed by atoms with Crippen LogP contribution in [-0.4, -0.2) is 20.5 Å². The minimum Gasteiger partial charge on any atom is -0.477 e. The highest BCUT2D eigenvalue weighted by Crippen LogP contribution is 2.47. The van der Waals surface area contributed by atoms with Crippen LogP contribution in [0.4, 0.5) is 5.82 Å². The maximum atomic E-state index is 12.9. The highest BCUT2D eigenvalue weighted by molar-refractivity contribution is 5.99. The number of hydrogen-bond donors (Lipinski definition) is 2. The van der Waals surface area contributed by atoms with Crippen molar-refractivity contribution in [2.45, 2.75) is 25.7 Å². The Kier molecular flexibility index (Phi) is 3.35. The summed E-state index contributed by atoms with van der Waals surface area (Å²) >= 11 is 0. The molecule has 3 aromatic rings. The Balaban J connectivity index is 2.23. The molecule has 0 radical (unpaired) electrons. The van der Waals surface area contributed by atoms with Crippen molar-refractivity contribution >= 4 is 17.3 Å². The van der Waals surface area contributed by atoms with E-state index < -0.39 is 11.5 Å². The van der Waals surface area contributed by atoms with Crippen LogP contribution in [0, 0.1) is 6.92 Å². The molecule has 3 N–H and O–H groups in total. The number of aromatic nitrogens is 2. The first kappa shape index (κ1) is 15.4. The van der Waals surface area contributed by atoms with Gasteiger partial charge in [-0.25, -0.2) is 9.78 Å². The predicted molar refractivity (Wildman–Crippen MR) is 95.0 cm³/mol. The van der Waals surface area contributed by atoms with E-state index in [-0.39, 0.29) is 11.5 Å². The van der Waals surface area contributed by atoms with E-state index in [2.05, 4.69) is 4.98 Å². The number of nitrogens with zero attached hydrogens (tertiary/aromatic N) is 2. The van der Waals surface area contributed by atoms with E-state index in [1.54, 1.807) is 24.4 Å². The summed E-state index contributed by atoms with van der Waals surface area (Å²) in [6.45, 7) is 1.94. The van der Waals surface area contributed by atoms with Gasteiger partial charge in [0, 0.05) is 23.5 Å². The molecular formula is C19H17N3O3. The molecule has 0 aliphatic heterocycles. The number of aromatic carboxylic acids is 1. The molecule has 0 aromatic carbocycles. The van der Waals surface area contributed by atoms with E-state index in [1.807, 2.05) is 13.0 Å². The summed E-state index contributed by atoms with van der Waals surface area (Å²) in [5.74, 6) is -0.626. The smallest absolute Gasteiger partial charge is 0.342 e. The number of fused-ring (bicyclic) bond motifs is 1. The lowest BCUT2D eigenvalue weighted by Gasteiger charge is -2.17. The number of carboxylic acid groups (broad SMARTS) is 1. The summed E-state index contributed by atoms with van der Waals surface area (Å²) in [6.07, 6.45) is 5.14. The topological polar surface area (TPSA) is 97.7 Å². The van der Waals surface area contributed by atoms with Crippen LogP contribution in [0.5, 0.6) is 0 Å². The van der Waals surface area contributed by atoms with Gasteiger partial charge in [0.1, 0.15) is 11.4 Å². The molecule has 25 heavy (non-hydrogen) atoms. The molecule has 0 spiro atoms. The van der Waals surface area contributed by atoms with Crippen molar-refractivity contribution in [3.63, 3.8) is 0 Å². The van der Waals surface area contributed by atoms with Gasteiger partial charge in [0.25, 0.3) is 5.56 Å². The number of pyridine rings is 3. The Morgan fingerprint density at radius 3 is 2.68 bits per heavy atom. The fourth-order valence-corrected chi connectivity index (χ4v) is 3.43. The van der Waals surface area contributed by atoms with Gasteiger partial charge in [-0.05, 0) is 55.0 Å². The molecule has 1 saturated carbocycles. The molecule has 3 heterocycles. The standard InChI is InChI=1S/C19H17N3O3/c1-10-3-2-8-22-17(10)15(11-4-5-11)14(16(18(22)23)19(24)25)12-6-7-13(20)21-9-12/h2-3,6-9,11H,4-5H2,1H3,(H2,20,21)(H,24,25). The molecule has 1 aliphatic rings. The second kappa shape index (κ2) is 5.44. The highest BCUT2D eigenvalue weighted by Gasteiger charge is 2.33. The number of hydrogen-bond acceptors (Lipinski definition) is 4. The fourth-order valence-electron chi connectivity index (χ4n) is 3.43. The van der Waals surface area contributed by atoms with Crippen LogP contribution in [-0.2, 0) is 0 Å². The number of carbonyl (C=O) groups is 1. The van der Waals surface area contributed by atoms with Gasteiger partial charge in [-0.3, -0.25) is 9.20 Å². The lowest BCUT2D eigenvalue weighted by Crippen LogP contribution is -2.25. The van der Waals surface area contributed by atoms with E-state index in [0.29, 0.717) is 16.9 Å². The minimum absolute atomic E-state index is 0.212. The van der Waals surface area contributed by atoms with Gasteiger partial charge >= 0.3 is 5.97 Å². The molecule has 126 valence electrons. The number of carboxylic acids is 1. The molecule has 1 fully saturated rings. The van der Waals surface area contributed by atoms with E-state index in [0.717, 1.165) is 29.5 Å². The van der Waals surface area contributed by atoms with Crippen molar-refractivity contribution in [1.82, 2.24) is 9.38 Å². The summed E-state index contributed by atoms with van der Waals surface area (Å²) in [4.78, 5) is 28.9. The maximum Gasteiger partial charge on any atom is 0.342 e. The first-order chi connectivity index (χ1) is 12.0. The van der Waals surface area contributed by atoms with Crippen LogP contribution >= 0.6 is 0 Å². The maximum absolute atomic E-state index is 12.9. The zero-order valence-electron chi connectivity index (χ0n) is 13.7. The lowest BCUT2D eigenvalue weighted by molar-refractivity contribution is 0.0695. The second-order valence-electron chi connectivity index (χ2n) is 6.43. The fraction of sp³-hybridized carbons (Fsp3) is 0.211. The van der Waals surface area contributed by atoms with Gasteiger partial charge < -0.3 is 10.8 Å².